The van der Waals surface area contributed by atoms with Gasteiger partial charge in [-0.05, 0) is 12.1 Å². The summed E-state index contributed by atoms with van der Waals surface area (Å²) < 4.78 is 6.73. The maximum absolute atomic E-state index is 8.80. The molecule has 0 fully saturated rings. The molecule has 0 spiro atoms. The van der Waals surface area contributed by atoms with Crippen LogP contribution in [0.25, 0.3) is 0 Å². The second-order valence-electron chi connectivity index (χ2n) is 3.90. The van der Waals surface area contributed by atoms with Crippen LogP contribution in [0.5, 0.6) is 5.75 Å². The summed E-state index contributed by atoms with van der Waals surface area (Å²) in [6.07, 6.45) is 1.78. The van der Waals surface area contributed by atoms with Gasteiger partial charge < -0.3 is 15.2 Å². The van der Waals surface area contributed by atoms with Gasteiger partial charge in [0, 0.05) is 6.07 Å². The Morgan fingerprint density at radius 2 is 2.32 bits per heavy atom. The molecular weight excluding hydrogens is 268 g/mol. The summed E-state index contributed by atoms with van der Waals surface area (Å²) >= 11 is 6.08. The Morgan fingerprint density at radius 3 is 3.05 bits per heavy atom. The zero-order chi connectivity index (χ0) is 13.7. The third-order valence-corrected chi connectivity index (χ3v) is 2.88. The number of halogens is 1. The van der Waals surface area contributed by atoms with Gasteiger partial charge in [0.05, 0.1) is 43.7 Å². The van der Waals surface area contributed by atoms with Crippen LogP contribution in [0.1, 0.15) is 5.69 Å². The number of aliphatic hydroxyl groups is 1. The standard InChI is InChI=1S/C12H15ClN4O2/c1-19-10-2-3-11(13)12(6-10)14-7-9-8-17(4-5-18)16-15-9/h2-3,6,8,14,18H,4-5,7H2,1H3. The van der Waals surface area contributed by atoms with Crippen molar-refractivity contribution in [1.29, 1.82) is 0 Å². The summed E-state index contributed by atoms with van der Waals surface area (Å²) in [5.41, 5.74) is 1.55. The maximum atomic E-state index is 8.80. The maximum Gasteiger partial charge on any atom is 0.121 e. The van der Waals surface area contributed by atoms with Gasteiger partial charge in [-0.2, -0.15) is 0 Å². The van der Waals surface area contributed by atoms with Gasteiger partial charge >= 0.3 is 0 Å². The molecule has 0 aliphatic heterocycles. The molecule has 0 saturated heterocycles. The van der Waals surface area contributed by atoms with Crippen LogP contribution in [0.15, 0.2) is 24.4 Å². The van der Waals surface area contributed by atoms with Gasteiger partial charge in [-0.15, -0.1) is 5.10 Å². The number of aliphatic hydroxyl groups excluding tert-OH is 1. The van der Waals surface area contributed by atoms with Crippen molar-refractivity contribution in [3.05, 3.63) is 35.1 Å². The number of nitrogens with one attached hydrogen (secondary N) is 1. The second-order valence-corrected chi connectivity index (χ2v) is 4.30. The quantitative estimate of drug-likeness (QED) is 0.841. The van der Waals surface area contributed by atoms with E-state index in [-0.39, 0.29) is 6.61 Å². The lowest BCUT2D eigenvalue weighted by Gasteiger charge is -2.08. The van der Waals surface area contributed by atoms with Gasteiger partial charge in [0.1, 0.15) is 11.4 Å². The molecule has 0 saturated carbocycles. The lowest BCUT2D eigenvalue weighted by atomic mass is 10.3. The van der Waals surface area contributed by atoms with E-state index in [0.29, 0.717) is 18.1 Å². The lowest BCUT2D eigenvalue weighted by molar-refractivity contribution is 0.268. The van der Waals surface area contributed by atoms with E-state index in [2.05, 4.69) is 15.6 Å². The van der Waals surface area contributed by atoms with E-state index < -0.39 is 0 Å². The number of nitrogens with zero attached hydrogens (tertiary/aromatic N) is 3. The second kappa shape index (κ2) is 6.40. The highest BCUT2D eigenvalue weighted by atomic mass is 35.5. The summed E-state index contributed by atoms with van der Waals surface area (Å²) in [4.78, 5) is 0. The average molecular weight is 283 g/mol. The predicted octanol–water partition coefficient (Wildman–Crippen LogP) is 1.54. The molecule has 6 nitrogen and oxygen atoms in total. The summed E-state index contributed by atoms with van der Waals surface area (Å²) in [5.74, 6) is 0.732. The minimum Gasteiger partial charge on any atom is -0.497 e. The zero-order valence-electron chi connectivity index (χ0n) is 10.5. The molecule has 1 heterocycles. The molecule has 1 aromatic heterocycles. The Bertz CT molecular complexity index is 544. The fourth-order valence-corrected chi connectivity index (χ4v) is 1.77. The third kappa shape index (κ3) is 3.59. The van der Waals surface area contributed by atoms with Gasteiger partial charge in [0.15, 0.2) is 0 Å². The Kier molecular flexibility index (Phi) is 4.59. The number of hydrogen-bond acceptors (Lipinski definition) is 5. The van der Waals surface area contributed by atoms with Crippen LogP contribution in [0.3, 0.4) is 0 Å². The van der Waals surface area contributed by atoms with Crippen LogP contribution >= 0.6 is 11.6 Å². The first kappa shape index (κ1) is 13.6. The first-order valence-electron chi connectivity index (χ1n) is 5.80. The van der Waals surface area contributed by atoms with E-state index in [1.807, 2.05) is 6.07 Å². The van der Waals surface area contributed by atoms with Crippen LogP contribution in [0, 0.1) is 0 Å². The highest BCUT2D eigenvalue weighted by Gasteiger charge is 2.04. The topological polar surface area (TPSA) is 72.2 Å². The number of hydrogen-bond donors (Lipinski definition) is 2. The molecule has 0 aliphatic carbocycles. The largest absolute Gasteiger partial charge is 0.497 e. The van der Waals surface area contributed by atoms with Crippen LogP contribution in [0.2, 0.25) is 5.02 Å². The smallest absolute Gasteiger partial charge is 0.121 e. The molecule has 0 amide bonds. The highest BCUT2D eigenvalue weighted by molar-refractivity contribution is 6.33. The van der Waals surface area contributed by atoms with Gasteiger partial charge in [-0.25, -0.2) is 4.68 Å². The number of methoxy groups -OCH3 is 1. The van der Waals surface area contributed by atoms with Crippen molar-refractivity contribution in [3.8, 4) is 5.75 Å². The van der Waals surface area contributed by atoms with E-state index >= 15 is 0 Å². The molecular formula is C12H15ClN4O2. The Labute approximate surface area is 116 Å². The van der Waals surface area contributed by atoms with Crippen molar-refractivity contribution in [2.75, 3.05) is 19.0 Å². The first-order chi connectivity index (χ1) is 9.22. The van der Waals surface area contributed by atoms with Gasteiger partial charge in [0.2, 0.25) is 0 Å². The molecule has 0 aliphatic rings. The number of ether oxygens (including phenoxy) is 1. The van der Waals surface area contributed by atoms with Gasteiger partial charge in [-0.1, -0.05) is 16.8 Å². The molecule has 0 atom stereocenters. The number of benzene rings is 1. The molecule has 102 valence electrons. The van der Waals surface area contributed by atoms with Crippen LogP contribution in [0.4, 0.5) is 5.69 Å². The lowest BCUT2D eigenvalue weighted by Crippen LogP contribution is -2.02. The molecule has 2 N–H and O–H groups in total. The molecule has 0 bridgehead atoms. The van der Waals surface area contributed by atoms with E-state index in [9.17, 15) is 0 Å². The monoisotopic (exact) mass is 282 g/mol. The Hall–Kier alpha value is -1.79. The van der Waals surface area contributed by atoms with Crippen LogP contribution in [-0.2, 0) is 13.1 Å². The van der Waals surface area contributed by atoms with E-state index in [1.165, 1.54) is 0 Å². The molecule has 1 aromatic carbocycles. The average Bonchev–Trinajstić information content (AvgIpc) is 2.86. The summed E-state index contributed by atoms with van der Waals surface area (Å²) in [7, 11) is 1.60. The molecule has 19 heavy (non-hydrogen) atoms. The molecule has 0 radical (unpaired) electrons. The van der Waals surface area contributed by atoms with Crippen molar-refractivity contribution in [2.45, 2.75) is 13.1 Å². The molecule has 2 rings (SSSR count). The van der Waals surface area contributed by atoms with Crippen molar-refractivity contribution in [3.63, 3.8) is 0 Å². The minimum atomic E-state index is 0.0396. The minimum absolute atomic E-state index is 0.0396. The summed E-state index contributed by atoms with van der Waals surface area (Å²) in [6.45, 7) is 0.975. The van der Waals surface area contributed by atoms with Crippen LogP contribution in [-0.4, -0.2) is 33.8 Å². The van der Waals surface area contributed by atoms with E-state index in [4.69, 9.17) is 21.4 Å². The van der Waals surface area contributed by atoms with Crippen molar-refractivity contribution < 1.29 is 9.84 Å². The van der Waals surface area contributed by atoms with Gasteiger partial charge in [0.25, 0.3) is 0 Å². The number of rotatable bonds is 6. The molecule has 2 aromatic rings. The fraction of sp³-hybridized carbons (Fsp3) is 0.333. The van der Waals surface area contributed by atoms with E-state index in [0.717, 1.165) is 17.1 Å². The van der Waals surface area contributed by atoms with E-state index in [1.54, 1.807) is 30.1 Å². The normalized spacial score (nSPS) is 10.5. The van der Waals surface area contributed by atoms with Crippen LogP contribution < -0.4 is 10.1 Å². The fourth-order valence-electron chi connectivity index (χ4n) is 1.58. The van der Waals surface area contributed by atoms with Crippen molar-refractivity contribution in [2.24, 2.45) is 0 Å². The van der Waals surface area contributed by atoms with Crippen molar-refractivity contribution >= 4 is 17.3 Å². The zero-order valence-corrected chi connectivity index (χ0v) is 11.3. The SMILES string of the molecule is COc1ccc(Cl)c(NCc2cn(CCO)nn2)c1. The number of anilines is 1. The summed E-state index contributed by atoms with van der Waals surface area (Å²) in [6, 6.07) is 5.39. The van der Waals surface area contributed by atoms with Gasteiger partial charge in [-0.3, -0.25) is 0 Å². The highest BCUT2D eigenvalue weighted by Crippen LogP contribution is 2.26. The summed E-state index contributed by atoms with van der Waals surface area (Å²) in [5, 5.41) is 20.4. The Morgan fingerprint density at radius 1 is 1.47 bits per heavy atom. The molecule has 0 unspecified atom stereocenters. The predicted molar refractivity (Wildman–Crippen MR) is 72.4 cm³/mol. The third-order valence-electron chi connectivity index (χ3n) is 2.55. The van der Waals surface area contributed by atoms with Crippen molar-refractivity contribution in [1.82, 2.24) is 15.0 Å². The molecule has 7 heteroatoms. The number of aromatic nitrogens is 3. The Balaban J connectivity index is 2.01. The first-order valence-corrected chi connectivity index (χ1v) is 6.18.